The van der Waals surface area contributed by atoms with Gasteiger partial charge >= 0.3 is 5.97 Å². The number of unbranched alkanes of at least 4 members (excludes halogenated alkanes) is 2. The predicted octanol–water partition coefficient (Wildman–Crippen LogP) is 1.06. The highest BCUT2D eigenvalue weighted by molar-refractivity contribution is 5.89. The van der Waals surface area contributed by atoms with Gasteiger partial charge in [-0.15, -0.1) is 0 Å². The van der Waals surface area contributed by atoms with Crippen LogP contribution in [0.2, 0.25) is 0 Å². The van der Waals surface area contributed by atoms with E-state index in [4.69, 9.17) is 26.0 Å². The van der Waals surface area contributed by atoms with Gasteiger partial charge in [0, 0.05) is 25.7 Å². The molecule has 6 N–H and O–H groups in total. The van der Waals surface area contributed by atoms with Crippen molar-refractivity contribution in [1.29, 1.82) is 0 Å². The van der Waals surface area contributed by atoms with E-state index in [1.54, 1.807) is 18.3 Å². The largest absolute Gasteiger partial charge is 0.462 e. The Balaban J connectivity index is 1.37. The zero-order chi connectivity index (χ0) is 27.3. The number of aliphatic hydroxyl groups excluding tert-OH is 1. The average Bonchev–Trinajstić information content (AvgIpc) is 2.90. The number of nitrogens with zero attached hydrogens (tertiary/aromatic N) is 5. The molecule has 0 bridgehead atoms. The average molecular weight is 527 g/mol. The number of esters is 1. The first kappa shape index (κ1) is 28.5. The highest BCUT2D eigenvalue weighted by atomic mass is 16.5. The lowest BCUT2D eigenvalue weighted by molar-refractivity contribution is -0.121. The lowest BCUT2D eigenvalue weighted by Gasteiger charge is -2.19. The minimum atomic E-state index is -0.394. The number of rotatable bonds is 15. The molecule has 0 fully saturated rings. The normalized spacial score (nSPS) is 10.9. The maximum Gasteiger partial charge on any atom is 0.338 e. The van der Waals surface area contributed by atoms with Crippen LogP contribution in [-0.2, 0) is 20.8 Å². The van der Waals surface area contributed by atoms with Crippen LogP contribution in [0.15, 0.2) is 30.5 Å². The fraction of sp³-hybridized carbons (Fsp3) is 0.440. The summed E-state index contributed by atoms with van der Waals surface area (Å²) in [5.41, 5.74) is 14.2. The van der Waals surface area contributed by atoms with Crippen LogP contribution in [0.1, 0.15) is 41.7 Å². The summed E-state index contributed by atoms with van der Waals surface area (Å²) in [5, 5.41) is 11.4. The quantitative estimate of drug-likeness (QED) is 0.163. The highest BCUT2D eigenvalue weighted by Gasteiger charge is 2.12. The molecule has 0 aliphatic rings. The first-order valence-corrected chi connectivity index (χ1v) is 12.4. The van der Waals surface area contributed by atoms with Gasteiger partial charge in [0.15, 0.2) is 17.0 Å². The van der Waals surface area contributed by atoms with Crippen molar-refractivity contribution in [2.45, 2.75) is 32.2 Å². The van der Waals surface area contributed by atoms with Gasteiger partial charge in [-0.05, 0) is 43.5 Å². The summed E-state index contributed by atoms with van der Waals surface area (Å²) in [5.74, 6) is -0.216. The molecule has 3 aromatic rings. The molecule has 0 spiro atoms. The third kappa shape index (κ3) is 8.78. The number of fused-ring (bicyclic) bond motifs is 1. The van der Waals surface area contributed by atoms with E-state index in [2.05, 4.69) is 25.3 Å². The summed E-state index contributed by atoms with van der Waals surface area (Å²) in [6.07, 6.45) is 4.17. The number of carbonyl (C=O) groups excluding carboxylic acids is 2. The van der Waals surface area contributed by atoms with Crippen LogP contribution in [0.25, 0.3) is 11.2 Å². The molecule has 0 aliphatic heterocycles. The molecule has 0 saturated carbocycles. The summed E-state index contributed by atoms with van der Waals surface area (Å²) >= 11 is 0. The van der Waals surface area contributed by atoms with E-state index in [1.165, 1.54) is 0 Å². The second-order valence-electron chi connectivity index (χ2n) is 8.54. The Morgan fingerprint density at radius 1 is 1.03 bits per heavy atom. The lowest BCUT2D eigenvalue weighted by atomic mass is 10.2. The Bertz CT molecular complexity index is 1210. The number of hydrogen-bond acceptors (Lipinski definition) is 12. The Hall–Kier alpha value is -4.10. The zero-order valence-electron chi connectivity index (χ0n) is 21.4. The molecule has 0 aliphatic carbocycles. The van der Waals surface area contributed by atoms with E-state index in [-0.39, 0.29) is 37.5 Å². The molecule has 2 aromatic heterocycles. The summed E-state index contributed by atoms with van der Waals surface area (Å²) in [6.45, 7) is 1.76. The standard InChI is InChI=1S/C25H34N8O5/c1-33(16-18-15-29-23-21(30-18)22(26)31-25(27)32-23)19-8-6-17(7-9-19)24(36)38-12-4-2-3-5-20(35)28-10-13-37-14-11-34/h6-9,15,34H,2-5,10-14,16H2,1H3,(H,28,35)(H4,26,27,29,31,32). The van der Waals surface area contributed by atoms with Crippen molar-refractivity contribution in [2.24, 2.45) is 0 Å². The van der Waals surface area contributed by atoms with Gasteiger partial charge in [0.1, 0.15) is 0 Å². The molecule has 13 heteroatoms. The fourth-order valence-electron chi connectivity index (χ4n) is 3.58. The van der Waals surface area contributed by atoms with Crippen LogP contribution < -0.4 is 21.7 Å². The molecule has 0 saturated heterocycles. The SMILES string of the molecule is CN(Cc1cnc2nc(N)nc(N)c2n1)c1ccc(C(=O)OCCCCCC(=O)NCCOCCO)cc1. The van der Waals surface area contributed by atoms with E-state index in [0.29, 0.717) is 61.4 Å². The molecule has 13 nitrogen and oxygen atoms in total. The van der Waals surface area contributed by atoms with Crippen molar-refractivity contribution in [2.75, 3.05) is 56.4 Å². The Labute approximate surface area is 220 Å². The van der Waals surface area contributed by atoms with Gasteiger partial charge in [-0.25, -0.2) is 14.8 Å². The first-order chi connectivity index (χ1) is 18.4. The summed E-state index contributed by atoms with van der Waals surface area (Å²) in [6, 6.07) is 7.08. The van der Waals surface area contributed by atoms with Gasteiger partial charge in [-0.2, -0.15) is 9.97 Å². The van der Waals surface area contributed by atoms with Crippen molar-refractivity contribution < 1.29 is 24.2 Å². The van der Waals surface area contributed by atoms with Gasteiger partial charge < -0.3 is 36.3 Å². The molecule has 0 radical (unpaired) electrons. The van der Waals surface area contributed by atoms with Gasteiger partial charge in [-0.3, -0.25) is 4.79 Å². The molecular weight excluding hydrogens is 492 g/mol. The summed E-state index contributed by atoms with van der Waals surface area (Å²) in [7, 11) is 1.90. The number of anilines is 3. The number of nitrogens with two attached hydrogens (primary N) is 2. The van der Waals surface area contributed by atoms with Crippen LogP contribution in [0.5, 0.6) is 0 Å². The number of nitrogen functional groups attached to an aromatic ring is 2. The maximum atomic E-state index is 12.4. The zero-order valence-corrected chi connectivity index (χ0v) is 21.4. The van der Waals surface area contributed by atoms with Crippen LogP contribution in [0.4, 0.5) is 17.5 Å². The number of aromatic nitrogens is 4. The number of amides is 1. The molecule has 1 aromatic carbocycles. The van der Waals surface area contributed by atoms with Crippen molar-refractivity contribution in [3.63, 3.8) is 0 Å². The molecule has 38 heavy (non-hydrogen) atoms. The van der Waals surface area contributed by atoms with E-state index in [9.17, 15) is 9.59 Å². The third-order valence-electron chi connectivity index (χ3n) is 5.53. The predicted molar refractivity (Wildman–Crippen MR) is 142 cm³/mol. The van der Waals surface area contributed by atoms with Crippen molar-refractivity contribution in [3.05, 3.63) is 41.7 Å². The minimum absolute atomic E-state index is 0.0334. The lowest BCUT2D eigenvalue weighted by Crippen LogP contribution is -2.27. The van der Waals surface area contributed by atoms with Crippen molar-refractivity contribution >= 4 is 40.5 Å². The molecule has 2 heterocycles. The van der Waals surface area contributed by atoms with Crippen LogP contribution >= 0.6 is 0 Å². The van der Waals surface area contributed by atoms with E-state index >= 15 is 0 Å². The molecular formula is C25H34N8O5. The van der Waals surface area contributed by atoms with Gasteiger partial charge in [0.25, 0.3) is 0 Å². The Kier molecular flexibility index (Phi) is 10.9. The molecule has 0 atom stereocenters. The molecule has 3 rings (SSSR count). The van der Waals surface area contributed by atoms with Crippen molar-refractivity contribution in [1.82, 2.24) is 25.3 Å². The van der Waals surface area contributed by atoms with E-state index in [0.717, 1.165) is 12.1 Å². The van der Waals surface area contributed by atoms with Crippen molar-refractivity contribution in [3.8, 4) is 0 Å². The van der Waals surface area contributed by atoms with Gasteiger partial charge in [0.05, 0.1) is 50.4 Å². The second-order valence-corrected chi connectivity index (χ2v) is 8.54. The maximum absolute atomic E-state index is 12.4. The molecule has 0 unspecified atom stereocenters. The molecule has 1 amide bonds. The number of carbonyl (C=O) groups is 2. The molecule has 204 valence electrons. The number of aliphatic hydroxyl groups is 1. The minimum Gasteiger partial charge on any atom is -0.462 e. The van der Waals surface area contributed by atoms with Crippen LogP contribution in [0.3, 0.4) is 0 Å². The number of ether oxygens (including phenoxy) is 2. The highest BCUT2D eigenvalue weighted by Crippen LogP contribution is 2.19. The summed E-state index contributed by atoms with van der Waals surface area (Å²) in [4.78, 5) is 42.8. The number of hydrogen-bond donors (Lipinski definition) is 4. The van der Waals surface area contributed by atoms with Crippen LogP contribution in [0, 0.1) is 0 Å². The smallest absolute Gasteiger partial charge is 0.338 e. The monoisotopic (exact) mass is 526 g/mol. The van der Waals surface area contributed by atoms with E-state index in [1.807, 2.05) is 24.1 Å². The fourth-order valence-corrected chi connectivity index (χ4v) is 3.58. The Morgan fingerprint density at radius 3 is 2.58 bits per heavy atom. The van der Waals surface area contributed by atoms with Gasteiger partial charge in [0.2, 0.25) is 11.9 Å². The topological polar surface area (TPSA) is 192 Å². The van der Waals surface area contributed by atoms with Crippen LogP contribution in [-0.4, -0.2) is 76.9 Å². The first-order valence-electron chi connectivity index (χ1n) is 12.4. The number of nitrogens with one attached hydrogen (secondary N) is 1. The summed E-state index contributed by atoms with van der Waals surface area (Å²) < 4.78 is 10.4. The number of benzene rings is 1. The second kappa shape index (κ2) is 14.6. The van der Waals surface area contributed by atoms with Gasteiger partial charge in [-0.1, -0.05) is 0 Å². The Morgan fingerprint density at radius 2 is 1.82 bits per heavy atom. The van der Waals surface area contributed by atoms with E-state index < -0.39 is 5.97 Å². The third-order valence-corrected chi connectivity index (χ3v) is 5.53.